The van der Waals surface area contributed by atoms with Crippen LogP contribution in [0.4, 0.5) is 5.69 Å². The van der Waals surface area contributed by atoms with E-state index in [-0.39, 0.29) is 0 Å². The first-order valence-electron chi connectivity index (χ1n) is 9.43. The minimum Gasteiger partial charge on any atom is -0.495 e. The molecule has 1 aromatic carbocycles. The van der Waals surface area contributed by atoms with E-state index in [9.17, 15) is 5.26 Å². The highest BCUT2D eigenvalue weighted by molar-refractivity contribution is 7.97. The first kappa shape index (κ1) is 21.0. The van der Waals surface area contributed by atoms with E-state index in [2.05, 4.69) is 37.4 Å². The van der Waals surface area contributed by atoms with Gasteiger partial charge in [0.05, 0.1) is 37.7 Å². The summed E-state index contributed by atoms with van der Waals surface area (Å²) in [6.45, 7) is 3.72. The Morgan fingerprint density at radius 3 is 2.90 bits per heavy atom. The lowest BCUT2D eigenvalue weighted by Crippen LogP contribution is -2.30. The number of anilines is 1. The number of nitrogens with zero attached hydrogens (tertiary/aromatic N) is 3. The number of methoxy groups -OCH3 is 1. The molecule has 3 N–H and O–H groups in total. The van der Waals surface area contributed by atoms with Crippen LogP contribution in [0.5, 0.6) is 5.75 Å². The lowest BCUT2D eigenvalue weighted by molar-refractivity contribution is 0.0773. The smallest absolute Gasteiger partial charge is 0.143 e. The summed E-state index contributed by atoms with van der Waals surface area (Å²) >= 11 is 1.71. The summed E-state index contributed by atoms with van der Waals surface area (Å²) in [4.78, 5) is 5.65. The molecule has 2 aliphatic heterocycles. The minimum absolute atomic E-state index is 0.369. The van der Waals surface area contributed by atoms with Crippen LogP contribution in [0.25, 0.3) is 0 Å². The van der Waals surface area contributed by atoms with Crippen molar-refractivity contribution in [3.8, 4) is 11.8 Å². The van der Waals surface area contributed by atoms with Crippen LogP contribution >= 0.6 is 11.9 Å². The van der Waals surface area contributed by atoms with Crippen LogP contribution in [0.3, 0.4) is 0 Å². The van der Waals surface area contributed by atoms with Crippen molar-refractivity contribution in [2.24, 2.45) is 4.99 Å². The van der Waals surface area contributed by atoms with E-state index in [0.717, 1.165) is 48.3 Å². The second-order valence-electron chi connectivity index (χ2n) is 6.40. The third-order valence-electron chi connectivity index (χ3n) is 4.41. The summed E-state index contributed by atoms with van der Waals surface area (Å²) in [6.07, 6.45) is 4.12. The molecule has 0 spiro atoms. The van der Waals surface area contributed by atoms with E-state index in [1.54, 1.807) is 25.3 Å². The molecule has 0 unspecified atom stereocenters. The van der Waals surface area contributed by atoms with E-state index < -0.39 is 0 Å². The van der Waals surface area contributed by atoms with Crippen LogP contribution in [-0.2, 0) is 4.74 Å². The molecule has 8 nitrogen and oxygen atoms in total. The Labute approximate surface area is 175 Å². The van der Waals surface area contributed by atoms with Crippen LogP contribution in [0.15, 0.2) is 51.6 Å². The summed E-state index contributed by atoms with van der Waals surface area (Å²) in [5, 5.41) is 18.8. The fraction of sp³-hybridized carbons (Fsp3) is 0.400. The van der Waals surface area contributed by atoms with Gasteiger partial charge in [0, 0.05) is 43.4 Å². The average molecular weight is 415 g/mol. The number of benzene rings is 1. The topological polar surface area (TPSA) is 93.9 Å². The van der Waals surface area contributed by atoms with Crippen molar-refractivity contribution in [1.82, 2.24) is 14.9 Å². The molecule has 1 saturated heterocycles. The van der Waals surface area contributed by atoms with E-state index in [1.807, 2.05) is 25.3 Å². The molecule has 29 heavy (non-hydrogen) atoms. The summed E-state index contributed by atoms with van der Waals surface area (Å²) < 4.78 is 13.3. The van der Waals surface area contributed by atoms with Crippen molar-refractivity contribution in [3.05, 3.63) is 41.7 Å². The first-order chi connectivity index (χ1) is 14.2. The first-order valence-corrected chi connectivity index (χ1v) is 10.2. The van der Waals surface area contributed by atoms with Crippen molar-refractivity contribution < 1.29 is 9.47 Å². The molecule has 0 bridgehead atoms. The molecule has 0 aliphatic carbocycles. The lowest BCUT2D eigenvalue weighted by atomic mass is 10.1. The van der Waals surface area contributed by atoms with Crippen LogP contribution in [0.1, 0.15) is 6.42 Å². The van der Waals surface area contributed by atoms with Crippen molar-refractivity contribution in [3.63, 3.8) is 0 Å². The highest BCUT2D eigenvalue weighted by Gasteiger charge is 2.14. The normalized spacial score (nSPS) is 21.5. The van der Waals surface area contributed by atoms with E-state index in [1.165, 1.54) is 0 Å². The molecule has 0 saturated carbocycles. The Morgan fingerprint density at radius 2 is 2.17 bits per heavy atom. The van der Waals surface area contributed by atoms with E-state index in [0.29, 0.717) is 24.5 Å². The standard InChI is InChI=1S/C20H26N6O2S/c1-22-16-9-15(12-21)13-23-14-24-20(10-16)25-18-4-3-17(11-19(18)27-2)29-26-5-7-28-8-6-26/h3-4,10-11,13,22-23H,5-9,14H2,1-2H3,(H,24,25)/b15-13+,16-10+. The van der Waals surface area contributed by atoms with Crippen molar-refractivity contribution in [2.75, 3.05) is 52.4 Å². The van der Waals surface area contributed by atoms with Gasteiger partial charge < -0.3 is 25.4 Å². The van der Waals surface area contributed by atoms with Gasteiger partial charge in [-0.1, -0.05) is 0 Å². The molecule has 2 heterocycles. The molecule has 154 valence electrons. The van der Waals surface area contributed by atoms with Gasteiger partial charge in [0.25, 0.3) is 0 Å². The largest absolute Gasteiger partial charge is 0.495 e. The maximum Gasteiger partial charge on any atom is 0.143 e. The van der Waals surface area contributed by atoms with Gasteiger partial charge in [-0.3, -0.25) is 0 Å². The minimum atomic E-state index is 0.369. The number of allylic oxidation sites excluding steroid dienone is 1. The predicted molar refractivity (Wildman–Crippen MR) is 116 cm³/mol. The Kier molecular flexibility index (Phi) is 7.81. The Morgan fingerprint density at radius 1 is 1.34 bits per heavy atom. The predicted octanol–water partition coefficient (Wildman–Crippen LogP) is 2.31. The van der Waals surface area contributed by atoms with Crippen molar-refractivity contribution in [2.45, 2.75) is 11.3 Å². The Hall–Kier alpha value is -2.67. The average Bonchev–Trinajstić information content (AvgIpc) is 2.85. The Bertz CT molecular complexity index is 840. The number of morpholine rings is 1. The van der Waals surface area contributed by atoms with Gasteiger partial charge >= 0.3 is 0 Å². The number of hydrogen-bond donors (Lipinski definition) is 3. The number of ether oxygens (including phenoxy) is 2. The van der Waals surface area contributed by atoms with Crippen molar-refractivity contribution >= 4 is 23.5 Å². The van der Waals surface area contributed by atoms with Crippen LogP contribution in [-0.4, -0.2) is 57.3 Å². The third kappa shape index (κ3) is 6.15. The molecule has 2 aliphatic rings. The zero-order valence-corrected chi connectivity index (χ0v) is 17.5. The molecule has 1 aromatic rings. The van der Waals surface area contributed by atoms with Gasteiger partial charge in [0.15, 0.2) is 0 Å². The number of nitriles is 1. The number of nitrogens with one attached hydrogen (secondary N) is 3. The molecule has 0 radical (unpaired) electrons. The molecule has 0 aromatic heterocycles. The highest BCUT2D eigenvalue weighted by Crippen LogP contribution is 2.32. The SMILES string of the molecule is CN/C1=C/C(Nc2ccc(SN3CCOCC3)cc2OC)=NCN/C=C(/C#N)C1. The lowest BCUT2D eigenvalue weighted by Gasteiger charge is -2.25. The van der Waals surface area contributed by atoms with Gasteiger partial charge in [-0.15, -0.1) is 0 Å². The number of aliphatic imine (C=N–C) groups is 1. The monoisotopic (exact) mass is 414 g/mol. The highest BCUT2D eigenvalue weighted by atomic mass is 32.2. The molecule has 0 amide bonds. The zero-order chi connectivity index (χ0) is 20.5. The summed E-state index contributed by atoms with van der Waals surface area (Å²) in [5.41, 5.74) is 2.37. The van der Waals surface area contributed by atoms with Gasteiger partial charge in [0.1, 0.15) is 18.3 Å². The number of hydrogen-bond acceptors (Lipinski definition) is 9. The van der Waals surface area contributed by atoms with Gasteiger partial charge in [0.2, 0.25) is 0 Å². The van der Waals surface area contributed by atoms with Gasteiger partial charge in [-0.25, -0.2) is 9.30 Å². The second kappa shape index (κ2) is 10.8. The summed E-state index contributed by atoms with van der Waals surface area (Å²) in [7, 11) is 3.50. The molecule has 9 heteroatoms. The molecule has 0 atom stereocenters. The quantitative estimate of drug-likeness (QED) is 0.632. The second-order valence-corrected chi connectivity index (χ2v) is 7.57. The number of rotatable bonds is 5. The van der Waals surface area contributed by atoms with Crippen molar-refractivity contribution in [1.29, 1.82) is 5.26 Å². The molecule has 1 fully saturated rings. The third-order valence-corrected chi connectivity index (χ3v) is 5.50. The number of amidine groups is 1. The molecule has 3 rings (SSSR count). The van der Waals surface area contributed by atoms with Gasteiger partial charge in [-0.05, 0) is 36.2 Å². The fourth-order valence-corrected chi connectivity index (χ4v) is 3.80. The van der Waals surface area contributed by atoms with E-state index >= 15 is 0 Å². The zero-order valence-electron chi connectivity index (χ0n) is 16.7. The molecular weight excluding hydrogens is 388 g/mol. The van der Waals surface area contributed by atoms with Crippen LogP contribution < -0.4 is 20.7 Å². The fourth-order valence-electron chi connectivity index (χ4n) is 2.88. The Balaban J connectivity index is 1.75. The van der Waals surface area contributed by atoms with E-state index in [4.69, 9.17) is 9.47 Å². The summed E-state index contributed by atoms with van der Waals surface area (Å²) in [6, 6.07) is 8.28. The maximum absolute atomic E-state index is 9.23. The summed E-state index contributed by atoms with van der Waals surface area (Å²) in [5.74, 6) is 1.43. The van der Waals surface area contributed by atoms with Gasteiger partial charge in [-0.2, -0.15) is 5.26 Å². The maximum atomic E-state index is 9.23. The van der Waals surface area contributed by atoms with Crippen LogP contribution in [0.2, 0.25) is 0 Å². The van der Waals surface area contributed by atoms with Crippen LogP contribution in [0, 0.1) is 11.3 Å². The molecular formula is C20H26N6O2S.